The summed E-state index contributed by atoms with van der Waals surface area (Å²) < 4.78 is 100. The Balaban J connectivity index is 1.35. The first-order valence-electron chi connectivity index (χ1n) is 13.1. The van der Waals surface area contributed by atoms with Crippen LogP contribution in [0, 0.1) is 5.92 Å². The molecule has 1 amide bonds. The van der Waals surface area contributed by atoms with Crippen LogP contribution in [-0.4, -0.2) is 80.9 Å². The molecule has 2 aromatic rings. The van der Waals surface area contributed by atoms with E-state index in [-0.39, 0.29) is 42.9 Å². The number of carbonyl (C=O) groups is 1. The van der Waals surface area contributed by atoms with Crippen molar-refractivity contribution in [2.24, 2.45) is 5.92 Å². The Morgan fingerprint density at radius 1 is 1.20 bits per heavy atom. The number of rotatable bonds is 11. The number of amides is 1. The molecule has 1 aromatic heterocycles. The van der Waals surface area contributed by atoms with Crippen LogP contribution >= 0.6 is 11.3 Å². The normalized spacial score (nSPS) is 21.0. The molecule has 2 fully saturated rings. The SMILES string of the molecule is CCS(=O)(=O)N1CCC(CNC(=O)c2cnc(N3C[C@@H](Oc4ccc(C(F)(F)F)cc4)C[C@H]3COC(F)F)s2)CC1. The van der Waals surface area contributed by atoms with Gasteiger partial charge in [0.05, 0.1) is 36.7 Å². The number of sulfonamides is 1. The molecule has 0 spiro atoms. The van der Waals surface area contributed by atoms with Crippen molar-refractivity contribution in [1.82, 2.24) is 14.6 Å². The highest BCUT2D eigenvalue weighted by Crippen LogP contribution is 2.34. The number of nitrogens with zero attached hydrogens (tertiary/aromatic N) is 3. The summed E-state index contributed by atoms with van der Waals surface area (Å²) in [6.07, 6.45) is -2.12. The molecule has 0 unspecified atom stereocenters. The number of anilines is 1. The summed E-state index contributed by atoms with van der Waals surface area (Å²) in [5, 5.41) is 3.26. The van der Waals surface area contributed by atoms with E-state index >= 15 is 0 Å². The third-order valence-corrected chi connectivity index (χ3v) is 10.0. The van der Waals surface area contributed by atoms with E-state index in [4.69, 9.17) is 4.74 Å². The van der Waals surface area contributed by atoms with Crippen molar-refractivity contribution in [3.05, 3.63) is 40.9 Å². The van der Waals surface area contributed by atoms with Gasteiger partial charge in [0.1, 0.15) is 16.7 Å². The number of nitrogens with one attached hydrogen (secondary N) is 1. The molecule has 2 saturated heterocycles. The number of carbonyl (C=O) groups excluding carboxylic acids is 1. The predicted octanol–water partition coefficient (Wildman–Crippen LogP) is 4.22. The Hall–Kier alpha value is -2.56. The first kappa shape index (κ1) is 31.4. The van der Waals surface area contributed by atoms with Gasteiger partial charge in [-0.15, -0.1) is 0 Å². The lowest BCUT2D eigenvalue weighted by Crippen LogP contribution is -2.42. The fraction of sp³-hybridized carbons (Fsp3) is 0.600. The number of benzene rings is 1. The van der Waals surface area contributed by atoms with Crippen LogP contribution in [0.2, 0.25) is 0 Å². The standard InChI is InChI=1S/C25H31F5N4O5S2/c1-2-41(36,37)33-9-7-16(8-10-33)12-31-22(35)21-13-32-24(40-21)34-14-20(11-18(34)15-38-23(26)27)39-19-5-3-17(4-6-19)25(28,29)30/h3-6,13,16,18,20,23H,2,7-12,14-15H2,1H3,(H,31,35)/t18-,20-/m0/s1. The molecule has 41 heavy (non-hydrogen) atoms. The Bertz CT molecular complexity index is 1270. The van der Waals surface area contributed by atoms with Crippen LogP contribution in [0.25, 0.3) is 0 Å². The fourth-order valence-corrected chi connectivity index (χ4v) is 6.90. The number of piperidine rings is 1. The van der Waals surface area contributed by atoms with Gasteiger partial charge in [0, 0.05) is 26.1 Å². The van der Waals surface area contributed by atoms with Crippen LogP contribution < -0.4 is 15.0 Å². The van der Waals surface area contributed by atoms with Crippen molar-refractivity contribution in [2.45, 2.75) is 51.1 Å². The Kier molecular flexibility index (Phi) is 10.1. The zero-order valence-corrected chi connectivity index (χ0v) is 23.8. The van der Waals surface area contributed by atoms with Gasteiger partial charge in [-0.05, 0) is 49.9 Å². The van der Waals surface area contributed by atoms with Gasteiger partial charge < -0.3 is 19.7 Å². The zero-order valence-electron chi connectivity index (χ0n) is 22.1. The van der Waals surface area contributed by atoms with Gasteiger partial charge in [0.25, 0.3) is 5.91 Å². The molecule has 1 N–H and O–H groups in total. The van der Waals surface area contributed by atoms with Crippen molar-refractivity contribution in [1.29, 1.82) is 0 Å². The van der Waals surface area contributed by atoms with E-state index in [2.05, 4.69) is 15.0 Å². The van der Waals surface area contributed by atoms with Gasteiger partial charge in [0.15, 0.2) is 5.13 Å². The minimum atomic E-state index is -4.48. The van der Waals surface area contributed by atoms with E-state index in [0.29, 0.717) is 42.5 Å². The van der Waals surface area contributed by atoms with E-state index < -0.39 is 40.5 Å². The molecule has 2 aliphatic heterocycles. The third-order valence-electron chi connectivity index (χ3n) is 7.12. The predicted molar refractivity (Wildman–Crippen MR) is 142 cm³/mol. The summed E-state index contributed by atoms with van der Waals surface area (Å²) in [5.41, 5.74) is -0.815. The van der Waals surface area contributed by atoms with Crippen molar-refractivity contribution in [3.63, 3.8) is 0 Å². The van der Waals surface area contributed by atoms with Gasteiger partial charge in [-0.3, -0.25) is 4.79 Å². The molecular formula is C25H31F5N4O5S2. The summed E-state index contributed by atoms with van der Waals surface area (Å²) in [4.78, 5) is 19.1. The van der Waals surface area contributed by atoms with Crippen molar-refractivity contribution in [2.75, 3.05) is 43.4 Å². The fourth-order valence-electron chi connectivity index (χ4n) is 4.85. The van der Waals surface area contributed by atoms with E-state index in [1.807, 2.05) is 0 Å². The second-order valence-electron chi connectivity index (χ2n) is 9.86. The molecule has 0 saturated carbocycles. The first-order chi connectivity index (χ1) is 19.4. The molecule has 16 heteroatoms. The molecule has 0 bridgehead atoms. The summed E-state index contributed by atoms with van der Waals surface area (Å²) in [7, 11) is -3.23. The molecule has 3 heterocycles. The van der Waals surface area contributed by atoms with E-state index in [1.165, 1.54) is 22.6 Å². The van der Waals surface area contributed by atoms with Gasteiger partial charge in [-0.1, -0.05) is 11.3 Å². The quantitative estimate of drug-likeness (QED) is 0.373. The average molecular weight is 627 g/mol. The minimum absolute atomic E-state index is 0.0518. The third kappa shape index (κ3) is 8.26. The zero-order chi connectivity index (χ0) is 29.8. The number of ether oxygens (including phenoxy) is 2. The smallest absolute Gasteiger partial charge is 0.416 e. The van der Waals surface area contributed by atoms with Crippen molar-refractivity contribution < 1.29 is 44.6 Å². The Morgan fingerprint density at radius 2 is 1.88 bits per heavy atom. The average Bonchev–Trinajstić information content (AvgIpc) is 3.58. The van der Waals surface area contributed by atoms with E-state index in [0.717, 1.165) is 23.5 Å². The highest BCUT2D eigenvalue weighted by atomic mass is 32.2. The maximum absolute atomic E-state index is 12.9. The van der Waals surface area contributed by atoms with Crippen LogP contribution in [-0.2, 0) is 20.9 Å². The van der Waals surface area contributed by atoms with Crippen LogP contribution in [0.1, 0.15) is 41.4 Å². The topological polar surface area (TPSA) is 101 Å². The summed E-state index contributed by atoms with van der Waals surface area (Å²) in [6.45, 7) is -0.317. The number of halogens is 5. The Labute approximate surface area is 238 Å². The maximum Gasteiger partial charge on any atom is 0.416 e. The van der Waals surface area contributed by atoms with Crippen LogP contribution in [0.15, 0.2) is 30.5 Å². The second kappa shape index (κ2) is 13.2. The first-order valence-corrected chi connectivity index (χ1v) is 15.5. The van der Waals surface area contributed by atoms with Gasteiger partial charge in [0.2, 0.25) is 10.0 Å². The van der Waals surface area contributed by atoms with Gasteiger partial charge in [-0.2, -0.15) is 22.0 Å². The number of aromatic nitrogens is 1. The largest absolute Gasteiger partial charge is 0.489 e. The lowest BCUT2D eigenvalue weighted by atomic mass is 9.98. The molecule has 0 aliphatic carbocycles. The van der Waals surface area contributed by atoms with Crippen LogP contribution in [0.3, 0.4) is 0 Å². The summed E-state index contributed by atoms with van der Waals surface area (Å²) >= 11 is 1.07. The van der Waals surface area contributed by atoms with Crippen LogP contribution in [0.5, 0.6) is 5.75 Å². The molecular weight excluding hydrogens is 595 g/mol. The van der Waals surface area contributed by atoms with Crippen molar-refractivity contribution in [3.8, 4) is 5.75 Å². The number of hydrogen-bond donors (Lipinski definition) is 1. The molecule has 2 atom stereocenters. The minimum Gasteiger partial charge on any atom is -0.489 e. The molecule has 228 valence electrons. The van der Waals surface area contributed by atoms with Gasteiger partial charge >= 0.3 is 12.8 Å². The molecule has 2 aliphatic rings. The maximum atomic E-state index is 12.9. The lowest BCUT2D eigenvalue weighted by Gasteiger charge is -2.30. The highest BCUT2D eigenvalue weighted by molar-refractivity contribution is 7.89. The number of alkyl halides is 5. The molecule has 1 aromatic carbocycles. The summed E-state index contributed by atoms with van der Waals surface area (Å²) in [5.74, 6) is 0.0355. The summed E-state index contributed by atoms with van der Waals surface area (Å²) in [6, 6.07) is 3.65. The molecule has 4 rings (SSSR count). The van der Waals surface area contributed by atoms with Crippen LogP contribution in [0.4, 0.5) is 27.1 Å². The number of hydrogen-bond acceptors (Lipinski definition) is 8. The second-order valence-corrected chi connectivity index (χ2v) is 13.1. The van der Waals surface area contributed by atoms with Crippen molar-refractivity contribution >= 4 is 32.4 Å². The van der Waals surface area contributed by atoms with E-state index in [9.17, 15) is 35.2 Å². The lowest BCUT2D eigenvalue weighted by molar-refractivity contribution is -0.137. The highest BCUT2D eigenvalue weighted by Gasteiger charge is 2.37. The Morgan fingerprint density at radius 3 is 2.49 bits per heavy atom. The molecule has 9 nitrogen and oxygen atoms in total. The van der Waals surface area contributed by atoms with E-state index in [1.54, 1.807) is 11.8 Å². The molecule has 0 radical (unpaired) electrons. The van der Waals surface area contributed by atoms with Gasteiger partial charge in [-0.25, -0.2) is 17.7 Å². The monoisotopic (exact) mass is 626 g/mol. The number of thiazole rings is 1.